The van der Waals surface area contributed by atoms with Crippen LogP contribution < -0.4 is 4.90 Å². The molecule has 0 spiro atoms. The highest BCUT2D eigenvalue weighted by molar-refractivity contribution is 7.86. The van der Waals surface area contributed by atoms with Crippen LogP contribution in [-0.2, 0) is 65.1 Å². The predicted octanol–water partition coefficient (Wildman–Crippen LogP) is 5.47. The average molecular weight is 917 g/mol. The van der Waals surface area contributed by atoms with Gasteiger partial charge in [0.25, 0.3) is 42.2 Å². The SMILES string of the molecule is COC1=C(/C=C/C2=[N+](CCCCS(=O)(=O)O)c3ccc(S(=O)(=O)O)cc3C2(C)C)CCC/C1=C\C=C1\N(CCC(=O)ON2C(=O)CCC2=O)c2ccc(S(=O)(=O)O)cc2C1(C)C. The number of rotatable bonds is 15. The number of hydrogen-bond acceptors (Lipinski definition) is 12. The van der Waals surface area contributed by atoms with Crippen LogP contribution >= 0.6 is 0 Å². The summed E-state index contributed by atoms with van der Waals surface area (Å²) < 4.78 is 108. The van der Waals surface area contributed by atoms with E-state index in [1.807, 2.05) is 61.5 Å². The number of allylic oxidation sites excluding steroid dienone is 7. The van der Waals surface area contributed by atoms with Crippen LogP contribution in [-0.4, -0.2) is 98.0 Å². The number of carbonyl (C=O) groups is 3. The molecule has 17 nitrogen and oxygen atoms in total. The zero-order valence-electron chi connectivity index (χ0n) is 35.0. The van der Waals surface area contributed by atoms with Crippen LogP contribution in [0.25, 0.3) is 0 Å². The maximum Gasteiger partial charge on any atom is 0.335 e. The van der Waals surface area contributed by atoms with Gasteiger partial charge in [0.05, 0.1) is 34.5 Å². The van der Waals surface area contributed by atoms with Crippen molar-refractivity contribution < 1.29 is 67.4 Å². The summed E-state index contributed by atoms with van der Waals surface area (Å²) in [5.74, 6) is -1.85. The van der Waals surface area contributed by atoms with Crippen molar-refractivity contribution in [3.63, 3.8) is 0 Å². The third-order valence-corrected chi connectivity index (χ3v) is 14.2. The Hall–Kier alpha value is -4.99. The topological polar surface area (TPSA) is 242 Å². The zero-order chi connectivity index (χ0) is 45.6. The minimum absolute atomic E-state index is 0.0293. The van der Waals surface area contributed by atoms with E-state index in [9.17, 15) is 53.3 Å². The third-order valence-electron chi connectivity index (χ3n) is 11.7. The highest BCUT2D eigenvalue weighted by Crippen LogP contribution is 2.49. The smallest absolute Gasteiger partial charge is 0.335 e. The number of unbranched alkanes of at least 4 members (excludes halogenated alkanes) is 1. The monoisotopic (exact) mass is 916 g/mol. The fourth-order valence-electron chi connectivity index (χ4n) is 8.52. The van der Waals surface area contributed by atoms with Crippen molar-refractivity contribution in [2.75, 3.05) is 30.9 Å². The summed E-state index contributed by atoms with van der Waals surface area (Å²) in [4.78, 5) is 43.5. The second kappa shape index (κ2) is 17.3. The molecule has 334 valence electrons. The number of imide groups is 1. The van der Waals surface area contributed by atoms with E-state index in [0.29, 0.717) is 64.8 Å². The number of hydroxylamine groups is 2. The summed E-state index contributed by atoms with van der Waals surface area (Å²) in [6, 6.07) is 8.53. The summed E-state index contributed by atoms with van der Waals surface area (Å²) in [5.41, 5.74) is 3.97. The van der Waals surface area contributed by atoms with Crippen LogP contribution in [0.5, 0.6) is 0 Å². The molecule has 1 fully saturated rings. The predicted molar refractivity (Wildman–Crippen MR) is 226 cm³/mol. The van der Waals surface area contributed by atoms with E-state index < -0.39 is 64.7 Å². The Bertz CT molecular complexity index is 2710. The molecule has 0 unspecified atom stereocenters. The first kappa shape index (κ1) is 46.5. The fraction of sp³-hybridized carbons (Fsp3) is 0.429. The quantitative estimate of drug-likeness (QED) is 0.0869. The maximum atomic E-state index is 12.9. The molecule has 0 radical (unpaired) electrons. The van der Waals surface area contributed by atoms with Gasteiger partial charge in [-0.25, -0.2) is 4.79 Å². The molecule has 2 amide bonds. The van der Waals surface area contributed by atoms with Gasteiger partial charge in [-0.3, -0.25) is 23.2 Å². The first-order valence-electron chi connectivity index (χ1n) is 19.9. The number of nitrogens with zero attached hydrogens (tertiary/aromatic N) is 3. The van der Waals surface area contributed by atoms with E-state index in [-0.39, 0.29) is 42.0 Å². The summed E-state index contributed by atoms with van der Waals surface area (Å²) in [5, 5.41) is 0.480. The van der Waals surface area contributed by atoms with E-state index in [1.165, 1.54) is 24.3 Å². The standard InChI is InChI=1S/C42H49N3O14S3/c1-41(2)31-25-29(61(52,53)54)13-15-33(31)43(22-6-7-24-60(49,50)51)35(41)17-11-27-9-8-10-28(40(27)58-5)12-18-36-42(3,4)32-26-30(62(55,56)57)14-16-34(32)44(36)23-21-39(48)59-45-37(46)19-20-38(45)47/h11-18,25-26H,6-10,19-24H2,1-5H3,(H2-,49,50,51,52,53,54,55,56,57)/p+1. The lowest BCUT2D eigenvalue weighted by molar-refractivity contribution is -0.438. The molecule has 6 rings (SSSR count). The van der Waals surface area contributed by atoms with Crippen LogP contribution in [0.15, 0.2) is 93.1 Å². The minimum atomic E-state index is -4.56. The average Bonchev–Trinajstić information content (AvgIpc) is 3.69. The molecule has 62 heavy (non-hydrogen) atoms. The van der Waals surface area contributed by atoms with Gasteiger partial charge in [0.15, 0.2) is 5.71 Å². The number of fused-ring (bicyclic) bond motifs is 2. The largest absolute Gasteiger partial charge is 0.496 e. The second-order valence-corrected chi connectivity index (χ2v) is 20.9. The van der Waals surface area contributed by atoms with Crippen molar-refractivity contribution in [2.24, 2.45) is 0 Å². The van der Waals surface area contributed by atoms with Gasteiger partial charge in [-0.05, 0) is 98.7 Å². The Kier molecular flexibility index (Phi) is 13.0. The fourth-order valence-corrected chi connectivity index (χ4v) is 10.1. The lowest BCUT2D eigenvalue weighted by Gasteiger charge is -2.27. The summed E-state index contributed by atoms with van der Waals surface area (Å²) in [7, 11) is -11.7. The van der Waals surface area contributed by atoms with Crippen LogP contribution in [0.2, 0.25) is 0 Å². The molecular formula is C42H50N3O14S3+. The normalized spacial score (nSPS) is 20.3. The zero-order valence-corrected chi connectivity index (χ0v) is 37.4. The van der Waals surface area contributed by atoms with E-state index in [1.54, 1.807) is 19.2 Å². The molecule has 0 bridgehead atoms. The molecule has 1 aliphatic carbocycles. The molecule has 20 heteroatoms. The minimum Gasteiger partial charge on any atom is -0.496 e. The third kappa shape index (κ3) is 9.64. The number of anilines is 1. The first-order valence-corrected chi connectivity index (χ1v) is 24.4. The van der Waals surface area contributed by atoms with Crippen molar-refractivity contribution in [2.45, 2.75) is 99.7 Å². The van der Waals surface area contributed by atoms with Crippen molar-refractivity contribution in [1.82, 2.24) is 5.06 Å². The number of hydrogen-bond donors (Lipinski definition) is 3. The van der Waals surface area contributed by atoms with Crippen molar-refractivity contribution in [1.29, 1.82) is 0 Å². The van der Waals surface area contributed by atoms with Gasteiger partial charge in [-0.1, -0.05) is 19.9 Å². The van der Waals surface area contributed by atoms with Crippen molar-refractivity contribution in [3.05, 3.63) is 94.4 Å². The Morgan fingerprint density at radius 3 is 2.05 bits per heavy atom. The number of ether oxygens (including phenoxy) is 1. The van der Waals surface area contributed by atoms with Crippen LogP contribution in [0.1, 0.15) is 90.2 Å². The number of benzene rings is 2. The number of methoxy groups -OCH3 is 1. The van der Waals surface area contributed by atoms with Crippen LogP contribution in [0.3, 0.4) is 0 Å². The van der Waals surface area contributed by atoms with Crippen LogP contribution in [0.4, 0.5) is 11.4 Å². The summed E-state index contributed by atoms with van der Waals surface area (Å²) >= 11 is 0. The van der Waals surface area contributed by atoms with E-state index in [0.717, 1.165) is 23.3 Å². The molecule has 1 saturated heterocycles. The molecule has 0 saturated carbocycles. The summed E-state index contributed by atoms with van der Waals surface area (Å²) in [6.45, 7) is 7.95. The maximum absolute atomic E-state index is 12.9. The Labute approximate surface area is 361 Å². The van der Waals surface area contributed by atoms with Crippen LogP contribution in [0, 0.1) is 0 Å². The molecule has 3 aliphatic heterocycles. The Morgan fingerprint density at radius 2 is 1.44 bits per heavy atom. The molecule has 0 atom stereocenters. The lowest BCUT2D eigenvalue weighted by Crippen LogP contribution is -2.34. The van der Waals surface area contributed by atoms with Gasteiger partial charge in [-0.2, -0.15) is 29.8 Å². The van der Waals surface area contributed by atoms with Gasteiger partial charge in [0.1, 0.15) is 12.3 Å². The summed E-state index contributed by atoms with van der Waals surface area (Å²) in [6.07, 6.45) is 9.81. The van der Waals surface area contributed by atoms with Gasteiger partial charge in [0, 0.05) is 60.3 Å². The highest BCUT2D eigenvalue weighted by Gasteiger charge is 2.45. The molecule has 2 aromatic carbocycles. The van der Waals surface area contributed by atoms with Gasteiger partial charge in [0.2, 0.25) is 5.69 Å². The van der Waals surface area contributed by atoms with Crippen molar-refractivity contribution >= 4 is 65.2 Å². The molecule has 0 aromatic heterocycles. The molecular weight excluding hydrogens is 867 g/mol. The Morgan fingerprint density at radius 1 is 0.806 bits per heavy atom. The molecule has 2 aromatic rings. The first-order chi connectivity index (χ1) is 28.8. The number of carbonyl (C=O) groups excluding carboxylic acids is 3. The molecule has 3 heterocycles. The van der Waals surface area contributed by atoms with Crippen molar-refractivity contribution in [3.8, 4) is 0 Å². The second-order valence-electron chi connectivity index (χ2n) is 16.5. The highest BCUT2D eigenvalue weighted by atomic mass is 32.2. The van der Waals surface area contributed by atoms with Gasteiger partial charge < -0.3 is 14.5 Å². The van der Waals surface area contributed by atoms with E-state index >= 15 is 0 Å². The lowest BCUT2D eigenvalue weighted by atomic mass is 9.81. The van der Waals surface area contributed by atoms with Gasteiger partial charge >= 0.3 is 5.97 Å². The van der Waals surface area contributed by atoms with Gasteiger partial charge in [-0.15, -0.1) is 5.06 Å². The van der Waals surface area contributed by atoms with E-state index in [4.69, 9.17) is 9.57 Å². The number of amides is 2. The van der Waals surface area contributed by atoms with E-state index in [2.05, 4.69) is 0 Å². The molecule has 4 aliphatic rings. The molecule has 3 N–H and O–H groups in total. The Balaban J connectivity index is 1.36.